The molecule has 1 saturated heterocycles. The molecule has 0 radical (unpaired) electrons. The average molecular weight is 436 g/mol. The first-order valence-corrected chi connectivity index (χ1v) is 13.2. The lowest BCUT2D eigenvalue weighted by Gasteiger charge is -2.09. The molecule has 0 aliphatic carbocycles. The first-order chi connectivity index (χ1) is 13.9. The topological polar surface area (TPSA) is 76.1 Å². The Morgan fingerprint density at radius 2 is 1.52 bits per heavy atom. The van der Waals surface area contributed by atoms with E-state index in [2.05, 4.69) is 10.7 Å². The van der Waals surface area contributed by atoms with E-state index in [0.29, 0.717) is 4.90 Å². The number of ether oxygens (including phenoxy) is 1. The fraction of sp³-hybridized carbons (Fsp3) is 0.455. The Bertz CT molecular complexity index is 1020. The molecule has 2 aromatic rings. The van der Waals surface area contributed by atoms with E-state index in [1.54, 1.807) is 42.5 Å². The normalized spacial score (nSPS) is 20.8. The first kappa shape index (κ1) is 22.0. The van der Waals surface area contributed by atoms with Crippen molar-refractivity contribution in [1.82, 2.24) is 0 Å². The first-order valence-electron chi connectivity index (χ1n) is 10.2. The lowest BCUT2D eigenvalue weighted by molar-refractivity contribution is 0.379. The van der Waals surface area contributed by atoms with Gasteiger partial charge in [0.05, 0.1) is 15.9 Å². The van der Waals surface area contributed by atoms with Crippen LogP contribution in [-0.4, -0.2) is 24.2 Å². The molecule has 1 heterocycles. The van der Waals surface area contributed by atoms with E-state index < -0.39 is 25.2 Å². The number of epoxide rings is 1. The highest BCUT2D eigenvalue weighted by Crippen LogP contribution is 2.38. The summed E-state index contributed by atoms with van der Waals surface area (Å²) in [5.41, 5.74) is 0.262. The molecule has 0 aromatic heterocycles. The highest BCUT2D eigenvalue weighted by molar-refractivity contribution is 8.03. The largest absolute Gasteiger partial charge is 0.354 e. The second-order valence-corrected chi connectivity index (χ2v) is 11.6. The van der Waals surface area contributed by atoms with Crippen LogP contribution in [0.3, 0.4) is 0 Å². The van der Waals surface area contributed by atoms with E-state index >= 15 is 0 Å². The van der Waals surface area contributed by atoms with Crippen LogP contribution in [0.25, 0.3) is 0 Å². The van der Waals surface area contributed by atoms with Crippen molar-refractivity contribution < 1.29 is 17.4 Å². The molecule has 3 atom stereocenters. The molecule has 0 unspecified atom stereocenters. The zero-order valence-electron chi connectivity index (χ0n) is 17.0. The Balaban J connectivity index is 1.87. The van der Waals surface area contributed by atoms with Gasteiger partial charge in [-0.2, -0.15) is 8.42 Å². The maximum atomic E-state index is 13.9. The summed E-state index contributed by atoms with van der Waals surface area (Å²) in [5.74, 6) is 0. The third-order valence-corrected chi connectivity index (χ3v) is 9.58. The lowest BCUT2D eigenvalue weighted by Crippen LogP contribution is -2.14. The van der Waals surface area contributed by atoms with E-state index in [-0.39, 0.29) is 11.0 Å². The second-order valence-electron chi connectivity index (χ2n) is 7.49. The zero-order chi connectivity index (χ0) is 20.9. The van der Waals surface area contributed by atoms with E-state index in [4.69, 9.17) is 4.74 Å². The standard InChI is InChI=1S/C22H29NO4S2/c1-3-4-5-6-10-13-21-22(27-21)28(24,19-11-8-7-9-12-19)23-29(25,26)20-16-14-18(2)15-17-20/h7-9,11-12,14-17,21-22H,3-6,10,13H2,1-2H3/t21-,22+,28-/m0/s1. The lowest BCUT2D eigenvalue weighted by atomic mass is 10.1. The molecule has 1 aliphatic heterocycles. The molecule has 0 N–H and O–H groups in total. The minimum Gasteiger partial charge on any atom is -0.354 e. The van der Waals surface area contributed by atoms with Crippen LogP contribution in [0.1, 0.15) is 51.0 Å². The van der Waals surface area contributed by atoms with Crippen LogP contribution in [0.15, 0.2) is 68.2 Å². The third-order valence-electron chi connectivity index (χ3n) is 5.05. The zero-order valence-corrected chi connectivity index (χ0v) is 18.6. The summed E-state index contributed by atoms with van der Waals surface area (Å²) in [4.78, 5) is 0.442. The highest BCUT2D eigenvalue weighted by Gasteiger charge is 2.48. The van der Waals surface area contributed by atoms with Crippen molar-refractivity contribution in [2.45, 2.75) is 73.7 Å². The van der Waals surface area contributed by atoms with Gasteiger partial charge in [-0.1, -0.05) is 78.7 Å². The number of nitrogens with zero attached hydrogens (tertiary/aromatic N) is 1. The maximum absolute atomic E-state index is 13.9. The fourth-order valence-electron chi connectivity index (χ4n) is 3.30. The van der Waals surface area contributed by atoms with Crippen molar-refractivity contribution in [3.05, 3.63) is 60.2 Å². The Labute approximate surface area is 174 Å². The molecular weight excluding hydrogens is 406 g/mol. The highest BCUT2D eigenvalue weighted by atomic mass is 32.3. The van der Waals surface area contributed by atoms with Crippen LogP contribution in [0, 0.1) is 6.92 Å². The van der Waals surface area contributed by atoms with Gasteiger partial charge in [-0.15, -0.1) is 0 Å². The van der Waals surface area contributed by atoms with E-state index in [1.165, 1.54) is 31.4 Å². The Hall–Kier alpha value is -1.70. The molecule has 0 bridgehead atoms. The van der Waals surface area contributed by atoms with Crippen LogP contribution in [-0.2, 0) is 24.5 Å². The molecule has 1 aliphatic rings. The summed E-state index contributed by atoms with van der Waals surface area (Å²) in [5, 5.41) is 0. The van der Waals surface area contributed by atoms with Crippen LogP contribution >= 0.6 is 0 Å². The van der Waals surface area contributed by atoms with Crippen LogP contribution in [0.5, 0.6) is 0 Å². The van der Waals surface area contributed by atoms with Crippen molar-refractivity contribution in [2.24, 2.45) is 3.77 Å². The summed E-state index contributed by atoms with van der Waals surface area (Å²) in [6.07, 6.45) is 6.22. The molecule has 7 heteroatoms. The van der Waals surface area contributed by atoms with Gasteiger partial charge in [0.2, 0.25) is 0 Å². The monoisotopic (exact) mass is 435 g/mol. The molecule has 1 fully saturated rings. The van der Waals surface area contributed by atoms with Crippen molar-refractivity contribution in [3.63, 3.8) is 0 Å². The van der Waals surface area contributed by atoms with Crippen LogP contribution in [0.2, 0.25) is 0 Å². The Morgan fingerprint density at radius 1 is 0.862 bits per heavy atom. The number of unbranched alkanes of at least 4 members (excludes halogenated alkanes) is 4. The quantitative estimate of drug-likeness (QED) is 0.375. The molecule has 158 valence electrons. The third kappa shape index (κ3) is 5.47. The smallest absolute Gasteiger partial charge is 0.290 e. The minimum absolute atomic E-state index is 0.0449. The summed E-state index contributed by atoms with van der Waals surface area (Å²) < 4.78 is 49.4. The van der Waals surface area contributed by atoms with Gasteiger partial charge in [-0.05, 0) is 37.6 Å². The van der Waals surface area contributed by atoms with Crippen molar-refractivity contribution in [2.75, 3.05) is 0 Å². The van der Waals surface area contributed by atoms with Gasteiger partial charge in [0.25, 0.3) is 10.0 Å². The van der Waals surface area contributed by atoms with E-state index in [1.807, 2.05) is 6.92 Å². The number of hydrogen-bond donors (Lipinski definition) is 0. The van der Waals surface area contributed by atoms with Crippen LogP contribution < -0.4 is 0 Å². The number of aryl methyl sites for hydroxylation is 1. The van der Waals surface area contributed by atoms with Crippen LogP contribution in [0.4, 0.5) is 0 Å². The van der Waals surface area contributed by atoms with Crippen molar-refractivity contribution in [3.8, 4) is 0 Å². The van der Waals surface area contributed by atoms with Gasteiger partial charge in [0.1, 0.15) is 9.73 Å². The predicted octanol–water partition coefficient (Wildman–Crippen LogP) is 5.30. The molecule has 0 amide bonds. The summed E-state index contributed by atoms with van der Waals surface area (Å²) in [7, 11) is -7.35. The molecule has 2 aromatic carbocycles. The Kier molecular flexibility index (Phi) is 7.14. The molecule has 3 rings (SSSR count). The van der Waals surface area contributed by atoms with Gasteiger partial charge in [0.15, 0.2) is 5.44 Å². The molecule has 0 spiro atoms. The number of sulfonamides is 1. The molecule has 29 heavy (non-hydrogen) atoms. The summed E-state index contributed by atoms with van der Waals surface area (Å²) in [6, 6.07) is 15.0. The van der Waals surface area contributed by atoms with Gasteiger partial charge in [-0.25, -0.2) is 4.21 Å². The predicted molar refractivity (Wildman–Crippen MR) is 116 cm³/mol. The second kappa shape index (κ2) is 9.41. The van der Waals surface area contributed by atoms with Crippen molar-refractivity contribution in [1.29, 1.82) is 0 Å². The minimum atomic E-state index is -4.07. The number of hydrogen-bond acceptors (Lipinski definition) is 4. The summed E-state index contributed by atoms with van der Waals surface area (Å²) in [6.45, 7) is 4.05. The van der Waals surface area contributed by atoms with E-state index in [9.17, 15) is 12.6 Å². The number of rotatable bonds is 10. The summed E-state index contributed by atoms with van der Waals surface area (Å²) >= 11 is 0. The van der Waals surface area contributed by atoms with Gasteiger partial charge < -0.3 is 4.74 Å². The Morgan fingerprint density at radius 3 is 2.17 bits per heavy atom. The number of benzene rings is 2. The van der Waals surface area contributed by atoms with Crippen molar-refractivity contribution >= 4 is 19.8 Å². The molecule has 5 nitrogen and oxygen atoms in total. The fourth-order valence-corrected chi connectivity index (χ4v) is 7.63. The maximum Gasteiger partial charge on any atom is 0.290 e. The SMILES string of the molecule is CCCCCCC[C@@H]1O[C@@H]1[S@](=O)(=NS(=O)(=O)c1ccc(C)cc1)c1ccccc1. The molecular formula is C22H29NO4S2. The molecule has 0 saturated carbocycles. The van der Waals surface area contributed by atoms with Gasteiger partial charge >= 0.3 is 0 Å². The van der Waals surface area contributed by atoms with Gasteiger partial charge in [-0.3, -0.25) is 0 Å². The average Bonchev–Trinajstić information content (AvgIpc) is 3.49. The van der Waals surface area contributed by atoms with E-state index in [0.717, 1.165) is 24.8 Å². The van der Waals surface area contributed by atoms with Gasteiger partial charge in [0, 0.05) is 0 Å².